The Hall–Kier alpha value is -2.08. The minimum atomic E-state index is -0.446. The normalized spacial score (nSPS) is 18.2. The second-order valence-corrected chi connectivity index (χ2v) is 7.25. The Kier molecular flexibility index (Phi) is 5.83. The van der Waals surface area contributed by atoms with Crippen LogP contribution in [0.15, 0.2) is 24.3 Å². The van der Waals surface area contributed by atoms with Crippen LogP contribution in [-0.2, 0) is 4.79 Å². The minimum Gasteiger partial charge on any atom is -0.497 e. The number of likely N-dealkylation sites (tertiary alicyclic amines) is 1. The van der Waals surface area contributed by atoms with Crippen molar-refractivity contribution in [1.82, 2.24) is 15.5 Å². The molecular weight excluding hydrogens is 306 g/mol. The molecule has 6 nitrogen and oxygen atoms in total. The average molecular weight is 333 g/mol. The van der Waals surface area contributed by atoms with Gasteiger partial charge in [0.05, 0.1) is 13.7 Å². The van der Waals surface area contributed by atoms with E-state index in [2.05, 4.69) is 27.7 Å². The van der Waals surface area contributed by atoms with Crippen LogP contribution in [0.5, 0.6) is 5.75 Å². The van der Waals surface area contributed by atoms with Crippen LogP contribution in [0.1, 0.15) is 38.7 Å². The molecule has 1 heterocycles. The van der Waals surface area contributed by atoms with Crippen LogP contribution in [0.4, 0.5) is 4.79 Å². The van der Waals surface area contributed by atoms with E-state index in [1.54, 1.807) is 7.11 Å². The summed E-state index contributed by atoms with van der Waals surface area (Å²) in [6, 6.07) is 7.62. The summed E-state index contributed by atoms with van der Waals surface area (Å²) in [6.45, 7) is 7.53. The molecule has 24 heavy (non-hydrogen) atoms. The largest absolute Gasteiger partial charge is 0.497 e. The van der Waals surface area contributed by atoms with Gasteiger partial charge in [0.25, 0.3) is 0 Å². The van der Waals surface area contributed by atoms with Crippen molar-refractivity contribution >= 4 is 11.9 Å². The standard InChI is InChI=1S/C18H27N3O3/c1-18(2,3)20-17(23)19-16(22)12-21-10-9-14(11-21)13-5-7-15(24-4)8-6-13/h5-8,14H,9-12H2,1-4H3,(H2,19,20,22,23)/t14-/m0/s1. The first-order valence-corrected chi connectivity index (χ1v) is 8.25. The molecule has 6 heteroatoms. The number of methoxy groups -OCH3 is 1. The Bertz CT molecular complexity index is 578. The fourth-order valence-corrected chi connectivity index (χ4v) is 2.87. The van der Waals surface area contributed by atoms with Crippen molar-refractivity contribution in [2.24, 2.45) is 0 Å². The highest BCUT2D eigenvalue weighted by atomic mass is 16.5. The number of benzene rings is 1. The Morgan fingerprint density at radius 2 is 1.92 bits per heavy atom. The first kappa shape index (κ1) is 18.3. The van der Waals surface area contributed by atoms with Crippen LogP contribution in [0.3, 0.4) is 0 Å². The molecule has 0 aromatic heterocycles. The molecule has 2 N–H and O–H groups in total. The maximum atomic E-state index is 12.0. The molecule has 3 amide bonds. The molecule has 0 spiro atoms. The maximum absolute atomic E-state index is 12.0. The minimum absolute atomic E-state index is 0.240. The number of carbonyl (C=O) groups excluding carboxylic acids is 2. The molecule has 0 bridgehead atoms. The van der Waals surface area contributed by atoms with Crippen molar-refractivity contribution in [2.45, 2.75) is 38.6 Å². The summed E-state index contributed by atoms with van der Waals surface area (Å²) in [6.07, 6.45) is 1.01. The predicted molar refractivity (Wildman–Crippen MR) is 93.2 cm³/mol. The highest BCUT2D eigenvalue weighted by Gasteiger charge is 2.26. The van der Waals surface area contributed by atoms with Crippen molar-refractivity contribution in [3.8, 4) is 5.75 Å². The van der Waals surface area contributed by atoms with Crippen molar-refractivity contribution in [1.29, 1.82) is 0 Å². The second kappa shape index (κ2) is 7.66. The number of ether oxygens (including phenoxy) is 1. The Morgan fingerprint density at radius 3 is 2.50 bits per heavy atom. The summed E-state index contributed by atoms with van der Waals surface area (Å²) in [7, 11) is 1.65. The lowest BCUT2D eigenvalue weighted by atomic mass is 9.98. The van der Waals surface area contributed by atoms with Gasteiger partial charge >= 0.3 is 6.03 Å². The summed E-state index contributed by atoms with van der Waals surface area (Å²) in [5, 5.41) is 5.10. The molecular formula is C18H27N3O3. The maximum Gasteiger partial charge on any atom is 0.321 e. The zero-order valence-corrected chi connectivity index (χ0v) is 14.9. The third-order valence-corrected chi connectivity index (χ3v) is 3.97. The fourth-order valence-electron chi connectivity index (χ4n) is 2.87. The number of urea groups is 1. The zero-order valence-electron chi connectivity index (χ0n) is 14.9. The van der Waals surface area contributed by atoms with Crippen LogP contribution in [0.25, 0.3) is 0 Å². The summed E-state index contributed by atoms with van der Waals surface area (Å²) in [5.74, 6) is 0.983. The zero-order chi connectivity index (χ0) is 17.7. The molecule has 1 aliphatic heterocycles. The number of imide groups is 1. The molecule has 0 saturated carbocycles. The molecule has 1 aromatic rings. The van der Waals surface area contributed by atoms with Gasteiger partial charge in [-0.1, -0.05) is 12.1 Å². The Labute approximate surface area is 143 Å². The molecule has 2 rings (SSSR count). The molecule has 1 fully saturated rings. The van der Waals surface area contributed by atoms with Gasteiger partial charge in [-0.3, -0.25) is 15.0 Å². The highest BCUT2D eigenvalue weighted by molar-refractivity contribution is 5.95. The van der Waals surface area contributed by atoms with Crippen molar-refractivity contribution in [3.63, 3.8) is 0 Å². The fraction of sp³-hybridized carbons (Fsp3) is 0.556. The lowest BCUT2D eigenvalue weighted by Gasteiger charge is -2.21. The van der Waals surface area contributed by atoms with Crippen molar-refractivity contribution in [2.75, 3.05) is 26.7 Å². The SMILES string of the molecule is COc1ccc([C@H]2CCN(CC(=O)NC(=O)NC(C)(C)C)C2)cc1. The molecule has 0 radical (unpaired) electrons. The van der Waals surface area contributed by atoms with Gasteiger partial charge in [0.2, 0.25) is 5.91 Å². The molecule has 1 saturated heterocycles. The monoisotopic (exact) mass is 333 g/mol. The van der Waals surface area contributed by atoms with E-state index in [1.807, 2.05) is 32.9 Å². The van der Waals surface area contributed by atoms with Crippen LogP contribution in [0, 0.1) is 0 Å². The molecule has 132 valence electrons. The summed E-state index contributed by atoms with van der Waals surface area (Å²) < 4.78 is 5.18. The first-order chi connectivity index (χ1) is 11.3. The van der Waals surface area contributed by atoms with E-state index in [-0.39, 0.29) is 18.0 Å². The van der Waals surface area contributed by atoms with Crippen molar-refractivity contribution in [3.05, 3.63) is 29.8 Å². The first-order valence-electron chi connectivity index (χ1n) is 8.25. The molecule has 1 aliphatic rings. The van der Waals surface area contributed by atoms with Crippen LogP contribution >= 0.6 is 0 Å². The number of hydrogen-bond acceptors (Lipinski definition) is 4. The Morgan fingerprint density at radius 1 is 1.25 bits per heavy atom. The number of nitrogens with one attached hydrogen (secondary N) is 2. The third-order valence-electron chi connectivity index (χ3n) is 3.97. The molecule has 0 aliphatic carbocycles. The van der Waals surface area contributed by atoms with E-state index in [9.17, 15) is 9.59 Å². The average Bonchev–Trinajstić information content (AvgIpc) is 2.93. The van der Waals surface area contributed by atoms with Gasteiger partial charge in [0, 0.05) is 12.1 Å². The van der Waals surface area contributed by atoms with Crippen LogP contribution in [-0.4, -0.2) is 49.1 Å². The van der Waals surface area contributed by atoms with Gasteiger partial charge in [0.1, 0.15) is 5.75 Å². The van der Waals surface area contributed by atoms with E-state index >= 15 is 0 Å². The second-order valence-electron chi connectivity index (χ2n) is 7.25. The lowest BCUT2D eigenvalue weighted by Crippen LogP contribution is -2.50. The summed E-state index contributed by atoms with van der Waals surface area (Å²) in [4.78, 5) is 25.8. The summed E-state index contributed by atoms with van der Waals surface area (Å²) in [5.41, 5.74) is 0.890. The number of nitrogens with zero attached hydrogens (tertiary/aromatic N) is 1. The summed E-state index contributed by atoms with van der Waals surface area (Å²) >= 11 is 0. The predicted octanol–water partition coefficient (Wildman–Crippen LogP) is 2.11. The Balaban J connectivity index is 1.80. The lowest BCUT2D eigenvalue weighted by molar-refractivity contribution is -0.120. The van der Waals surface area contributed by atoms with Gasteiger partial charge in [-0.05, 0) is 57.4 Å². The van der Waals surface area contributed by atoms with E-state index in [0.29, 0.717) is 5.92 Å². The molecule has 1 aromatic carbocycles. The smallest absolute Gasteiger partial charge is 0.321 e. The van der Waals surface area contributed by atoms with E-state index < -0.39 is 6.03 Å². The van der Waals surface area contributed by atoms with E-state index in [1.165, 1.54) is 5.56 Å². The van der Waals surface area contributed by atoms with Crippen LogP contribution < -0.4 is 15.4 Å². The highest BCUT2D eigenvalue weighted by Crippen LogP contribution is 2.28. The number of carbonyl (C=O) groups is 2. The van der Waals surface area contributed by atoms with Crippen molar-refractivity contribution < 1.29 is 14.3 Å². The number of rotatable bonds is 4. The van der Waals surface area contributed by atoms with Gasteiger partial charge in [0.15, 0.2) is 0 Å². The van der Waals surface area contributed by atoms with Gasteiger partial charge in [-0.25, -0.2) is 4.79 Å². The van der Waals surface area contributed by atoms with Gasteiger partial charge < -0.3 is 10.1 Å². The van der Waals surface area contributed by atoms with Gasteiger partial charge in [-0.15, -0.1) is 0 Å². The van der Waals surface area contributed by atoms with Crippen LogP contribution in [0.2, 0.25) is 0 Å². The van der Waals surface area contributed by atoms with E-state index in [4.69, 9.17) is 4.74 Å². The number of hydrogen-bond donors (Lipinski definition) is 2. The topological polar surface area (TPSA) is 70.7 Å². The molecule has 0 unspecified atom stereocenters. The third kappa shape index (κ3) is 5.53. The quantitative estimate of drug-likeness (QED) is 0.885. The molecule has 1 atom stereocenters. The number of amides is 3. The van der Waals surface area contributed by atoms with E-state index in [0.717, 1.165) is 25.3 Å². The van der Waals surface area contributed by atoms with Gasteiger partial charge in [-0.2, -0.15) is 0 Å².